The summed E-state index contributed by atoms with van der Waals surface area (Å²) in [5.74, 6) is 0.869. The Morgan fingerprint density at radius 3 is 2.61 bits per heavy atom. The second-order valence-electron chi connectivity index (χ2n) is 7.93. The van der Waals surface area contributed by atoms with Gasteiger partial charge in [0.05, 0.1) is 28.6 Å². The molecule has 0 unspecified atom stereocenters. The van der Waals surface area contributed by atoms with E-state index in [1.165, 1.54) is 0 Å². The lowest BCUT2D eigenvalue weighted by atomic mass is 10.0. The average molecular weight is 480 g/mol. The van der Waals surface area contributed by atoms with Gasteiger partial charge in [0.25, 0.3) is 5.69 Å². The van der Waals surface area contributed by atoms with Gasteiger partial charge in [0, 0.05) is 29.6 Å². The first-order valence-electron chi connectivity index (χ1n) is 10.5. The zero-order valence-corrected chi connectivity index (χ0v) is 20.4. The number of nitro benzene ring substituents is 1. The number of aromatic nitrogens is 1. The second kappa shape index (κ2) is 10.2. The van der Waals surface area contributed by atoms with Gasteiger partial charge >= 0.3 is 0 Å². The Labute approximate surface area is 201 Å². The van der Waals surface area contributed by atoms with Crippen LogP contribution in [0.4, 0.5) is 5.69 Å². The zero-order chi connectivity index (χ0) is 23.4. The monoisotopic (exact) mass is 479 g/mol. The molecule has 0 N–H and O–H groups in total. The first-order valence-corrected chi connectivity index (χ1v) is 12.3. The molecule has 0 aliphatic rings. The minimum Gasteiger partial charge on any atom is -0.496 e. The maximum atomic E-state index is 11.0. The van der Waals surface area contributed by atoms with Gasteiger partial charge < -0.3 is 4.74 Å². The summed E-state index contributed by atoms with van der Waals surface area (Å²) in [6.07, 6.45) is 0.691. The molecule has 0 aliphatic carbocycles. The quantitative estimate of drug-likeness (QED) is 0.202. The molecule has 2 aromatic carbocycles. The molecule has 4 aromatic rings. The van der Waals surface area contributed by atoms with Crippen molar-refractivity contribution in [3.63, 3.8) is 0 Å². The standard InChI is InChI=1S/C25H25N3O3S2/c1-17-6-9-19(23(13-17)31-3)15-27(2)22(14-18-7-10-20(11-8-18)28(29)30)21-16-33-25(26-21)24-5-4-12-32-24/h4-13,16,22H,14-15H2,1-3H3/t22-/m0/s1. The van der Waals surface area contributed by atoms with E-state index in [4.69, 9.17) is 9.72 Å². The summed E-state index contributed by atoms with van der Waals surface area (Å²) in [7, 11) is 3.78. The largest absolute Gasteiger partial charge is 0.496 e. The minimum atomic E-state index is -0.370. The molecule has 0 fully saturated rings. The number of nitro groups is 1. The van der Waals surface area contributed by atoms with Gasteiger partial charge in [-0.1, -0.05) is 30.3 Å². The van der Waals surface area contributed by atoms with Crippen LogP contribution in [-0.4, -0.2) is 29.0 Å². The van der Waals surface area contributed by atoms with Crippen molar-refractivity contribution >= 4 is 28.4 Å². The fourth-order valence-corrected chi connectivity index (χ4v) is 5.46. The van der Waals surface area contributed by atoms with Gasteiger partial charge in [-0.3, -0.25) is 15.0 Å². The van der Waals surface area contributed by atoms with Crippen LogP contribution in [0.25, 0.3) is 9.88 Å². The van der Waals surface area contributed by atoms with E-state index < -0.39 is 0 Å². The molecule has 6 nitrogen and oxygen atoms in total. The molecule has 4 rings (SSSR count). The van der Waals surface area contributed by atoms with Gasteiger partial charge in [-0.25, -0.2) is 4.98 Å². The number of benzene rings is 2. The highest BCUT2D eigenvalue weighted by atomic mass is 32.1. The first-order chi connectivity index (χ1) is 15.9. The summed E-state index contributed by atoms with van der Waals surface area (Å²) in [6.45, 7) is 2.74. The molecule has 2 aromatic heterocycles. The lowest BCUT2D eigenvalue weighted by Gasteiger charge is -2.28. The van der Waals surface area contributed by atoms with Crippen molar-refractivity contribution in [1.82, 2.24) is 9.88 Å². The molecular weight excluding hydrogens is 454 g/mol. The summed E-state index contributed by atoms with van der Waals surface area (Å²) in [5.41, 5.74) is 4.38. The molecule has 1 atom stereocenters. The third kappa shape index (κ3) is 5.47. The zero-order valence-electron chi connectivity index (χ0n) is 18.7. The molecule has 0 radical (unpaired) electrons. The number of nitrogens with zero attached hydrogens (tertiary/aromatic N) is 3. The fraction of sp³-hybridized carbons (Fsp3) is 0.240. The highest BCUT2D eigenvalue weighted by Gasteiger charge is 2.23. The molecule has 0 spiro atoms. The van der Waals surface area contributed by atoms with E-state index in [-0.39, 0.29) is 16.7 Å². The number of ether oxygens (including phenoxy) is 1. The van der Waals surface area contributed by atoms with Crippen LogP contribution in [0.15, 0.2) is 65.4 Å². The fourth-order valence-electron chi connectivity index (χ4n) is 3.78. The SMILES string of the molecule is COc1cc(C)ccc1CN(C)[C@@H](Cc1ccc([N+](=O)[O-])cc1)c1csc(-c2cccs2)n1. The van der Waals surface area contributed by atoms with Crippen LogP contribution >= 0.6 is 22.7 Å². The molecule has 0 saturated carbocycles. The van der Waals surface area contributed by atoms with E-state index in [2.05, 4.69) is 47.8 Å². The molecule has 2 heterocycles. The Balaban J connectivity index is 1.64. The van der Waals surface area contributed by atoms with Crippen LogP contribution in [0, 0.1) is 17.0 Å². The van der Waals surface area contributed by atoms with E-state index >= 15 is 0 Å². The van der Waals surface area contributed by atoms with Crippen LogP contribution in [0.5, 0.6) is 5.75 Å². The number of rotatable bonds is 9. The van der Waals surface area contributed by atoms with Gasteiger partial charge in [0.15, 0.2) is 0 Å². The smallest absolute Gasteiger partial charge is 0.269 e. The lowest BCUT2D eigenvalue weighted by molar-refractivity contribution is -0.384. The molecule has 0 amide bonds. The van der Waals surface area contributed by atoms with Crippen LogP contribution in [0.3, 0.4) is 0 Å². The van der Waals surface area contributed by atoms with E-state index in [0.29, 0.717) is 13.0 Å². The summed E-state index contributed by atoms with van der Waals surface area (Å²) >= 11 is 3.33. The predicted octanol–water partition coefficient (Wildman–Crippen LogP) is 6.51. The van der Waals surface area contributed by atoms with Gasteiger partial charge in [0.1, 0.15) is 10.8 Å². The van der Waals surface area contributed by atoms with Crippen LogP contribution in [-0.2, 0) is 13.0 Å². The van der Waals surface area contributed by atoms with Crippen molar-refractivity contribution in [1.29, 1.82) is 0 Å². The maximum absolute atomic E-state index is 11.0. The van der Waals surface area contributed by atoms with E-state index in [1.54, 1.807) is 41.9 Å². The molecule has 0 bridgehead atoms. The lowest BCUT2D eigenvalue weighted by Crippen LogP contribution is -2.26. The van der Waals surface area contributed by atoms with Gasteiger partial charge in [-0.2, -0.15) is 0 Å². The number of thiophene rings is 1. The van der Waals surface area contributed by atoms with Crippen LogP contribution in [0.2, 0.25) is 0 Å². The summed E-state index contributed by atoms with van der Waals surface area (Å²) in [6, 6.07) is 17.1. The van der Waals surface area contributed by atoms with Crippen molar-refractivity contribution in [3.05, 3.63) is 97.9 Å². The third-order valence-corrected chi connectivity index (χ3v) is 7.47. The average Bonchev–Trinajstić information content (AvgIpc) is 3.51. The molecule has 0 aliphatic heterocycles. The Kier molecular flexibility index (Phi) is 7.17. The number of non-ortho nitro benzene ring substituents is 1. The Morgan fingerprint density at radius 2 is 1.94 bits per heavy atom. The molecular formula is C25H25N3O3S2. The van der Waals surface area contributed by atoms with Crippen LogP contribution in [0.1, 0.15) is 28.4 Å². The van der Waals surface area contributed by atoms with E-state index in [9.17, 15) is 10.1 Å². The third-order valence-electron chi connectivity index (χ3n) is 5.57. The van der Waals surface area contributed by atoms with Crippen molar-refractivity contribution in [2.75, 3.05) is 14.2 Å². The number of aryl methyl sites for hydroxylation is 1. The number of likely N-dealkylation sites (N-methyl/N-ethyl adjacent to an activating group) is 1. The molecule has 170 valence electrons. The Bertz CT molecular complexity index is 1220. The first kappa shape index (κ1) is 23.1. The predicted molar refractivity (Wildman–Crippen MR) is 134 cm³/mol. The summed E-state index contributed by atoms with van der Waals surface area (Å²) in [5, 5.41) is 16.2. The number of thiazole rings is 1. The summed E-state index contributed by atoms with van der Waals surface area (Å²) in [4.78, 5) is 19.1. The number of hydrogen-bond acceptors (Lipinski definition) is 7. The Hall–Kier alpha value is -3.07. The van der Waals surface area contributed by atoms with Gasteiger partial charge in [0.2, 0.25) is 0 Å². The second-order valence-corrected chi connectivity index (χ2v) is 9.73. The highest BCUT2D eigenvalue weighted by molar-refractivity contribution is 7.20. The van der Waals surface area contributed by atoms with E-state index in [1.807, 2.05) is 24.3 Å². The van der Waals surface area contributed by atoms with Crippen molar-refractivity contribution in [2.45, 2.75) is 25.9 Å². The topological polar surface area (TPSA) is 68.5 Å². The van der Waals surface area contributed by atoms with Crippen molar-refractivity contribution < 1.29 is 9.66 Å². The number of methoxy groups -OCH3 is 1. The maximum Gasteiger partial charge on any atom is 0.269 e. The van der Waals surface area contributed by atoms with Crippen LogP contribution < -0.4 is 4.74 Å². The van der Waals surface area contributed by atoms with Crippen molar-refractivity contribution in [3.8, 4) is 15.6 Å². The number of hydrogen-bond donors (Lipinski definition) is 0. The minimum absolute atomic E-state index is 0.00225. The van der Waals surface area contributed by atoms with Crippen molar-refractivity contribution in [2.24, 2.45) is 0 Å². The van der Waals surface area contributed by atoms with Gasteiger partial charge in [-0.15, -0.1) is 22.7 Å². The highest BCUT2D eigenvalue weighted by Crippen LogP contribution is 2.34. The van der Waals surface area contributed by atoms with E-state index in [0.717, 1.165) is 38.0 Å². The van der Waals surface area contributed by atoms with Gasteiger partial charge in [-0.05, 0) is 49.0 Å². The Morgan fingerprint density at radius 1 is 1.15 bits per heavy atom. The molecule has 33 heavy (non-hydrogen) atoms. The summed E-state index contributed by atoms with van der Waals surface area (Å²) < 4.78 is 5.62. The molecule has 0 saturated heterocycles. The molecule has 8 heteroatoms. The normalized spacial score (nSPS) is 12.1.